The van der Waals surface area contributed by atoms with Crippen LogP contribution >= 0.6 is 0 Å². The molecule has 1 aliphatic rings. The van der Waals surface area contributed by atoms with Crippen molar-refractivity contribution in [1.29, 1.82) is 0 Å². The lowest BCUT2D eigenvalue weighted by Gasteiger charge is -2.11. The molecule has 0 atom stereocenters. The second-order valence-electron chi connectivity index (χ2n) is 5.07. The van der Waals surface area contributed by atoms with Gasteiger partial charge in [0.2, 0.25) is 0 Å². The first-order valence-corrected chi connectivity index (χ1v) is 6.28. The van der Waals surface area contributed by atoms with E-state index >= 15 is 0 Å². The predicted molar refractivity (Wildman–Crippen MR) is 72.7 cm³/mol. The van der Waals surface area contributed by atoms with Crippen LogP contribution in [0.3, 0.4) is 0 Å². The van der Waals surface area contributed by atoms with Crippen LogP contribution in [0.5, 0.6) is 0 Å². The van der Waals surface area contributed by atoms with Gasteiger partial charge >= 0.3 is 0 Å². The van der Waals surface area contributed by atoms with Gasteiger partial charge in [0.15, 0.2) is 0 Å². The van der Waals surface area contributed by atoms with E-state index in [-0.39, 0.29) is 0 Å². The molecule has 0 amide bonds. The number of nitrogens with one attached hydrogen (secondary N) is 1. The van der Waals surface area contributed by atoms with Crippen LogP contribution in [0.25, 0.3) is 10.9 Å². The van der Waals surface area contributed by atoms with E-state index in [1.165, 1.54) is 35.0 Å². The minimum Gasteiger partial charge on any atom is -0.388 e. The van der Waals surface area contributed by atoms with Crippen LogP contribution in [0.2, 0.25) is 0 Å². The molecule has 1 N–H and O–H groups in total. The maximum atomic E-state index is 4.66. The molecule has 0 aliphatic heterocycles. The van der Waals surface area contributed by atoms with Crippen molar-refractivity contribution in [3.8, 4) is 0 Å². The maximum Gasteiger partial charge on any atom is 0.0755 e. The van der Waals surface area contributed by atoms with E-state index < -0.39 is 0 Å². The Kier molecular flexibility index (Phi) is 2.32. The summed E-state index contributed by atoms with van der Waals surface area (Å²) in [6.07, 6.45) is 2.69. The zero-order valence-corrected chi connectivity index (χ0v) is 10.7. The molecular formula is C15H18N2. The van der Waals surface area contributed by atoms with Crippen molar-refractivity contribution in [1.82, 2.24) is 4.98 Å². The monoisotopic (exact) mass is 226 g/mol. The van der Waals surface area contributed by atoms with Gasteiger partial charge in [-0.25, -0.2) is 0 Å². The Labute approximate surface area is 102 Å². The van der Waals surface area contributed by atoms with E-state index in [0.717, 1.165) is 17.1 Å². The fourth-order valence-electron chi connectivity index (χ4n) is 2.52. The summed E-state index contributed by atoms with van der Waals surface area (Å²) in [7, 11) is 1.98. The van der Waals surface area contributed by atoms with Gasteiger partial charge in [-0.05, 0) is 55.9 Å². The lowest BCUT2D eigenvalue weighted by molar-refractivity contribution is 1.12. The third kappa shape index (κ3) is 1.78. The lowest BCUT2D eigenvalue weighted by Crippen LogP contribution is -1.96. The highest BCUT2D eigenvalue weighted by molar-refractivity contribution is 5.94. The summed E-state index contributed by atoms with van der Waals surface area (Å²) in [5, 5.41) is 4.55. The first-order valence-electron chi connectivity index (χ1n) is 6.28. The standard InChI is InChI=1S/C15H18N2/c1-9-6-12(11-4-5-11)8-13-14(16-3)7-10(2)17-15(9)13/h6-8,11H,4-5H2,1-3H3,(H,16,17). The van der Waals surface area contributed by atoms with Gasteiger partial charge in [-0.15, -0.1) is 0 Å². The molecule has 17 heavy (non-hydrogen) atoms. The summed E-state index contributed by atoms with van der Waals surface area (Å²) in [6, 6.07) is 6.75. The number of benzene rings is 1. The molecule has 2 nitrogen and oxygen atoms in total. The summed E-state index contributed by atoms with van der Waals surface area (Å²) in [6.45, 7) is 4.22. The van der Waals surface area contributed by atoms with Crippen LogP contribution in [0.4, 0.5) is 5.69 Å². The van der Waals surface area contributed by atoms with E-state index in [1.54, 1.807) is 0 Å². The van der Waals surface area contributed by atoms with Gasteiger partial charge in [0.25, 0.3) is 0 Å². The summed E-state index contributed by atoms with van der Waals surface area (Å²) >= 11 is 0. The Bertz CT molecular complexity index is 583. The first-order chi connectivity index (χ1) is 8.19. The maximum absolute atomic E-state index is 4.66. The Morgan fingerprint density at radius 1 is 1.18 bits per heavy atom. The summed E-state index contributed by atoms with van der Waals surface area (Å²) in [5.41, 5.74) is 6.18. The van der Waals surface area contributed by atoms with Crippen molar-refractivity contribution in [3.05, 3.63) is 35.0 Å². The summed E-state index contributed by atoms with van der Waals surface area (Å²) in [5.74, 6) is 0.795. The largest absolute Gasteiger partial charge is 0.388 e. The third-order valence-electron chi connectivity index (χ3n) is 3.57. The summed E-state index contributed by atoms with van der Waals surface area (Å²) in [4.78, 5) is 4.66. The van der Waals surface area contributed by atoms with Gasteiger partial charge in [0.05, 0.1) is 5.52 Å². The molecule has 0 bridgehead atoms. The predicted octanol–water partition coefficient (Wildman–Crippen LogP) is 3.77. The Hall–Kier alpha value is -1.57. The normalized spacial score (nSPS) is 15.2. The minimum atomic E-state index is 0.795. The van der Waals surface area contributed by atoms with Crippen LogP contribution in [-0.4, -0.2) is 12.0 Å². The number of anilines is 1. The van der Waals surface area contributed by atoms with Gasteiger partial charge in [0.1, 0.15) is 0 Å². The quantitative estimate of drug-likeness (QED) is 0.843. The topological polar surface area (TPSA) is 24.9 Å². The van der Waals surface area contributed by atoms with Crippen LogP contribution in [0, 0.1) is 13.8 Å². The number of hydrogen-bond donors (Lipinski definition) is 1. The number of aromatic nitrogens is 1. The van der Waals surface area contributed by atoms with Crippen molar-refractivity contribution in [2.45, 2.75) is 32.6 Å². The fraction of sp³-hybridized carbons (Fsp3) is 0.400. The van der Waals surface area contributed by atoms with Gasteiger partial charge in [-0.2, -0.15) is 0 Å². The molecule has 1 heterocycles. The second-order valence-corrected chi connectivity index (χ2v) is 5.07. The van der Waals surface area contributed by atoms with Crippen LogP contribution in [0.15, 0.2) is 18.2 Å². The van der Waals surface area contributed by atoms with Gasteiger partial charge in [-0.1, -0.05) is 6.07 Å². The number of fused-ring (bicyclic) bond motifs is 1. The average molecular weight is 226 g/mol. The zero-order valence-electron chi connectivity index (χ0n) is 10.7. The highest BCUT2D eigenvalue weighted by atomic mass is 14.8. The van der Waals surface area contributed by atoms with E-state index in [9.17, 15) is 0 Å². The smallest absolute Gasteiger partial charge is 0.0755 e. The zero-order chi connectivity index (χ0) is 12.0. The summed E-state index contributed by atoms with van der Waals surface area (Å²) < 4.78 is 0. The molecule has 2 aromatic rings. The van der Waals surface area contributed by atoms with E-state index in [0.29, 0.717) is 0 Å². The first kappa shape index (κ1) is 10.6. The number of hydrogen-bond acceptors (Lipinski definition) is 2. The molecular weight excluding hydrogens is 208 g/mol. The molecule has 1 aliphatic carbocycles. The van der Waals surface area contributed by atoms with Crippen molar-refractivity contribution in [3.63, 3.8) is 0 Å². The van der Waals surface area contributed by atoms with Crippen LogP contribution < -0.4 is 5.32 Å². The van der Waals surface area contributed by atoms with Gasteiger partial charge in [0, 0.05) is 23.8 Å². The molecule has 1 saturated carbocycles. The van der Waals surface area contributed by atoms with Crippen molar-refractivity contribution in [2.75, 3.05) is 12.4 Å². The van der Waals surface area contributed by atoms with Crippen LogP contribution in [0.1, 0.15) is 35.6 Å². The number of pyridine rings is 1. The molecule has 0 unspecified atom stereocenters. The molecule has 0 saturated heterocycles. The second kappa shape index (κ2) is 3.73. The van der Waals surface area contributed by atoms with E-state index in [1.807, 2.05) is 7.05 Å². The van der Waals surface area contributed by atoms with Crippen molar-refractivity contribution < 1.29 is 0 Å². The van der Waals surface area contributed by atoms with E-state index in [4.69, 9.17) is 0 Å². The van der Waals surface area contributed by atoms with Crippen LogP contribution in [-0.2, 0) is 0 Å². The minimum absolute atomic E-state index is 0.795. The highest BCUT2D eigenvalue weighted by Gasteiger charge is 2.24. The van der Waals surface area contributed by atoms with Gasteiger partial charge in [-0.3, -0.25) is 4.98 Å². The molecule has 3 rings (SSSR count). The Balaban J connectivity index is 2.31. The SMILES string of the molecule is CNc1cc(C)nc2c(C)cc(C3CC3)cc12. The molecule has 88 valence electrons. The number of aryl methyl sites for hydroxylation is 2. The highest BCUT2D eigenvalue weighted by Crippen LogP contribution is 2.42. The molecule has 0 radical (unpaired) electrons. The number of rotatable bonds is 2. The molecule has 1 aromatic heterocycles. The lowest BCUT2D eigenvalue weighted by atomic mass is 10.0. The Morgan fingerprint density at radius 2 is 1.94 bits per heavy atom. The van der Waals surface area contributed by atoms with Gasteiger partial charge < -0.3 is 5.32 Å². The van der Waals surface area contributed by atoms with E-state index in [2.05, 4.69) is 42.3 Å². The van der Waals surface area contributed by atoms with Crippen molar-refractivity contribution >= 4 is 16.6 Å². The number of nitrogens with zero attached hydrogens (tertiary/aromatic N) is 1. The molecule has 0 spiro atoms. The Morgan fingerprint density at radius 3 is 2.59 bits per heavy atom. The fourth-order valence-corrected chi connectivity index (χ4v) is 2.52. The molecule has 2 heteroatoms. The van der Waals surface area contributed by atoms with Crippen molar-refractivity contribution in [2.24, 2.45) is 0 Å². The third-order valence-corrected chi connectivity index (χ3v) is 3.57. The average Bonchev–Trinajstić information content (AvgIpc) is 3.12. The molecule has 1 aromatic carbocycles. The molecule has 1 fully saturated rings.